The van der Waals surface area contributed by atoms with Crippen LogP contribution in [0, 0.1) is 0 Å². The maximum atomic E-state index is 13.4. The minimum absolute atomic E-state index is 0.0166. The number of nitrogens with zero attached hydrogens (tertiary/aromatic N) is 1. The van der Waals surface area contributed by atoms with Crippen LogP contribution >= 0.6 is 0 Å². The quantitative estimate of drug-likeness (QED) is 0.466. The number of H-pyrrole nitrogens is 2. The highest BCUT2D eigenvalue weighted by molar-refractivity contribution is 6.03. The number of benzene rings is 3. The SMILES string of the molecule is CN(C)Cc1cccc2[nH]c3cc4c(=O)c5ccccc5[nH]c4cc3c(=O)c12. The van der Waals surface area contributed by atoms with Gasteiger partial charge >= 0.3 is 0 Å². The first-order valence-corrected chi connectivity index (χ1v) is 9.20. The van der Waals surface area contributed by atoms with Gasteiger partial charge in [-0.1, -0.05) is 24.3 Å². The van der Waals surface area contributed by atoms with E-state index in [9.17, 15) is 9.59 Å². The molecule has 0 aliphatic rings. The van der Waals surface area contributed by atoms with E-state index in [0.29, 0.717) is 39.1 Å². The summed E-state index contributed by atoms with van der Waals surface area (Å²) in [6.45, 7) is 0.682. The van der Waals surface area contributed by atoms with Gasteiger partial charge < -0.3 is 14.9 Å². The normalized spacial score (nSPS) is 12.0. The first-order valence-electron chi connectivity index (χ1n) is 9.20. The van der Waals surface area contributed by atoms with Crippen molar-refractivity contribution in [3.05, 3.63) is 80.6 Å². The maximum Gasteiger partial charge on any atom is 0.197 e. The van der Waals surface area contributed by atoms with E-state index in [2.05, 4.69) is 9.97 Å². The van der Waals surface area contributed by atoms with Crippen LogP contribution in [0.1, 0.15) is 5.56 Å². The third-order valence-corrected chi connectivity index (χ3v) is 5.22. The average molecular weight is 369 g/mol. The highest BCUT2D eigenvalue weighted by atomic mass is 16.1. The van der Waals surface area contributed by atoms with Crippen LogP contribution in [-0.2, 0) is 6.54 Å². The van der Waals surface area contributed by atoms with Crippen LogP contribution in [0.25, 0.3) is 43.6 Å². The summed E-state index contributed by atoms with van der Waals surface area (Å²) in [5.74, 6) is 0. The van der Waals surface area contributed by atoms with Crippen LogP contribution in [-0.4, -0.2) is 29.0 Å². The Morgan fingerprint density at radius 2 is 1.36 bits per heavy atom. The Morgan fingerprint density at radius 3 is 2.11 bits per heavy atom. The molecule has 5 nitrogen and oxygen atoms in total. The number of nitrogens with one attached hydrogen (secondary N) is 2. The smallest absolute Gasteiger partial charge is 0.197 e. The van der Waals surface area contributed by atoms with E-state index >= 15 is 0 Å². The van der Waals surface area contributed by atoms with E-state index in [1.807, 2.05) is 61.5 Å². The molecule has 0 aliphatic carbocycles. The van der Waals surface area contributed by atoms with E-state index in [4.69, 9.17) is 0 Å². The molecule has 5 aromatic rings. The van der Waals surface area contributed by atoms with Gasteiger partial charge in [-0.3, -0.25) is 9.59 Å². The van der Waals surface area contributed by atoms with Gasteiger partial charge in [-0.15, -0.1) is 0 Å². The van der Waals surface area contributed by atoms with Crippen molar-refractivity contribution in [3.8, 4) is 0 Å². The van der Waals surface area contributed by atoms with Gasteiger partial charge in [0, 0.05) is 28.2 Å². The fourth-order valence-corrected chi connectivity index (χ4v) is 3.99. The van der Waals surface area contributed by atoms with Gasteiger partial charge in [-0.2, -0.15) is 0 Å². The number of aromatic nitrogens is 2. The summed E-state index contributed by atoms with van der Waals surface area (Å²) in [6, 6.07) is 16.9. The Morgan fingerprint density at radius 1 is 0.714 bits per heavy atom. The summed E-state index contributed by atoms with van der Waals surface area (Å²) < 4.78 is 0. The summed E-state index contributed by atoms with van der Waals surface area (Å²) >= 11 is 0. The molecule has 0 aliphatic heterocycles. The van der Waals surface area contributed by atoms with Crippen molar-refractivity contribution in [1.82, 2.24) is 14.9 Å². The molecule has 0 fully saturated rings. The van der Waals surface area contributed by atoms with Crippen molar-refractivity contribution in [1.29, 1.82) is 0 Å². The monoisotopic (exact) mass is 369 g/mol. The summed E-state index contributed by atoms with van der Waals surface area (Å²) in [5.41, 5.74) is 3.83. The molecule has 2 heterocycles. The van der Waals surface area contributed by atoms with E-state index in [-0.39, 0.29) is 10.9 Å². The number of para-hydroxylation sites is 1. The second-order valence-corrected chi connectivity index (χ2v) is 7.47. The molecule has 28 heavy (non-hydrogen) atoms. The number of hydrogen-bond acceptors (Lipinski definition) is 3. The molecule has 0 amide bonds. The van der Waals surface area contributed by atoms with Crippen LogP contribution in [0.2, 0.25) is 0 Å². The van der Waals surface area contributed by atoms with E-state index in [1.165, 1.54) is 0 Å². The lowest BCUT2D eigenvalue weighted by molar-refractivity contribution is 0.404. The maximum absolute atomic E-state index is 13.4. The number of fused-ring (bicyclic) bond motifs is 4. The minimum atomic E-state index is -0.0337. The van der Waals surface area contributed by atoms with Crippen LogP contribution in [0.5, 0.6) is 0 Å². The second-order valence-electron chi connectivity index (χ2n) is 7.47. The fraction of sp³-hybridized carbons (Fsp3) is 0.130. The summed E-state index contributed by atoms with van der Waals surface area (Å²) in [5, 5.41) is 2.50. The zero-order chi connectivity index (χ0) is 19.4. The zero-order valence-corrected chi connectivity index (χ0v) is 15.7. The highest BCUT2D eigenvalue weighted by Gasteiger charge is 2.13. The number of hydrogen-bond donors (Lipinski definition) is 2. The fourth-order valence-electron chi connectivity index (χ4n) is 3.99. The molecule has 0 saturated carbocycles. The molecule has 138 valence electrons. The average Bonchev–Trinajstić information content (AvgIpc) is 2.67. The molecule has 2 aromatic heterocycles. The lowest BCUT2D eigenvalue weighted by atomic mass is 10.0. The van der Waals surface area contributed by atoms with Gasteiger partial charge in [0.1, 0.15) is 0 Å². The third kappa shape index (κ3) is 2.44. The van der Waals surface area contributed by atoms with Crippen molar-refractivity contribution < 1.29 is 0 Å². The van der Waals surface area contributed by atoms with Gasteiger partial charge in [-0.25, -0.2) is 0 Å². The van der Waals surface area contributed by atoms with Crippen molar-refractivity contribution in [3.63, 3.8) is 0 Å². The number of pyridine rings is 2. The molecule has 0 saturated heterocycles. The van der Waals surface area contributed by atoms with Gasteiger partial charge in [0.25, 0.3) is 0 Å². The van der Waals surface area contributed by atoms with Crippen LogP contribution in [0.15, 0.2) is 64.2 Å². The van der Waals surface area contributed by atoms with E-state index in [1.54, 1.807) is 12.1 Å². The van der Waals surface area contributed by atoms with E-state index < -0.39 is 0 Å². The number of rotatable bonds is 2. The molecule has 5 rings (SSSR count). The molecular formula is C23H19N3O2. The predicted molar refractivity (Wildman–Crippen MR) is 115 cm³/mol. The van der Waals surface area contributed by atoms with Crippen LogP contribution in [0.4, 0.5) is 0 Å². The van der Waals surface area contributed by atoms with Crippen LogP contribution < -0.4 is 10.9 Å². The molecular weight excluding hydrogens is 350 g/mol. The Bertz CT molecular complexity index is 1510. The molecule has 5 heteroatoms. The van der Waals surface area contributed by atoms with Gasteiger partial charge in [0.15, 0.2) is 10.9 Å². The van der Waals surface area contributed by atoms with Gasteiger partial charge in [0.2, 0.25) is 0 Å². The summed E-state index contributed by atoms with van der Waals surface area (Å²) in [6.07, 6.45) is 0. The predicted octanol–water partition coefficient (Wildman–Crippen LogP) is 3.74. The first kappa shape index (κ1) is 16.7. The molecule has 0 bridgehead atoms. The largest absolute Gasteiger partial charge is 0.354 e. The third-order valence-electron chi connectivity index (χ3n) is 5.22. The Balaban J connectivity index is 1.93. The zero-order valence-electron chi connectivity index (χ0n) is 15.7. The van der Waals surface area contributed by atoms with Gasteiger partial charge in [-0.05, 0) is 50.0 Å². The molecule has 0 unspecified atom stereocenters. The van der Waals surface area contributed by atoms with Crippen molar-refractivity contribution >= 4 is 43.6 Å². The second kappa shape index (κ2) is 6.04. The van der Waals surface area contributed by atoms with E-state index in [0.717, 1.165) is 16.6 Å². The van der Waals surface area contributed by atoms with Crippen LogP contribution in [0.3, 0.4) is 0 Å². The molecule has 0 radical (unpaired) electrons. The van der Waals surface area contributed by atoms with Crippen molar-refractivity contribution in [2.45, 2.75) is 6.54 Å². The summed E-state index contributed by atoms with van der Waals surface area (Å²) in [4.78, 5) is 35.0. The standard InChI is InChI=1S/C23H19N3O2/c1-26(2)12-13-6-5-9-18-21(13)23(28)16-11-19-15(10-20(16)25-18)22(27)14-7-3-4-8-17(14)24-19/h3-11H,12H2,1-2H3,(H,24,27)(H,25,28). The Hall–Kier alpha value is -3.44. The lowest BCUT2D eigenvalue weighted by Crippen LogP contribution is -2.14. The molecule has 3 aromatic carbocycles. The molecule has 0 atom stereocenters. The summed E-state index contributed by atoms with van der Waals surface area (Å²) in [7, 11) is 3.97. The molecule has 0 spiro atoms. The first-order chi connectivity index (χ1) is 13.5. The minimum Gasteiger partial charge on any atom is -0.354 e. The topological polar surface area (TPSA) is 69.0 Å². The lowest BCUT2D eigenvalue weighted by Gasteiger charge is -2.13. The Kier molecular flexibility index (Phi) is 3.60. The Labute approximate surface area is 160 Å². The molecule has 2 N–H and O–H groups in total. The van der Waals surface area contributed by atoms with Crippen molar-refractivity contribution in [2.24, 2.45) is 0 Å². The highest BCUT2D eigenvalue weighted by Crippen LogP contribution is 2.23. The van der Waals surface area contributed by atoms with Gasteiger partial charge in [0.05, 0.1) is 21.9 Å². The number of aromatic amines is 2. The van der Waals surface area contributed by atoms with Crippen molar-refractivity contribution in [2.75, 3.05) is 14.1 Å².